The molecule has 1 heterocycles. The third-order valence-electron chi connectivity index (χ3n) is 3.54. The molecule has 0 atom stereocenters. The molecule has 0 spiro atoms. The standard InChI is InChI=1S/C16H12BrN3O3/c17-8-1-6-11-12(7-8)20(10-4-2-9(18)3-5-10)15(21)13(14(11)19)16(22)23/h1-7H,18-19H2,(H,22,23). The number of aromatic nitrogens is 1. The first-order chi connectivity index (χ1) is 10.9. The van der Waals surface area contributed by atoms with Gasteiger partial charge < -0.3 is 16.6 Å². The van der Waals surface area contributed by atoms with Crippen LogP contribution in [0.3, 0.4) is 0 Å². The summed E-state index contributed by atoms with van der Waals surface area (Å²) in [5.74, 6) is -1.36. The number of carboxylic acid groups (broad SMARTS) is 1. The van der Waals surface area contributed by atoms with Crippen LogP contribution in [0.2, 0.25) is 0 Å². The predicted molar refractivity (Wildman–Crippen MR) is 93.0 cm³/mol. The van der Waals surface area contributed by atoms with Gasteiger partial charge in [-0.2, -0.15) is 0 Å². The van der Waals surface area contributed by atoms with Crippen molar-refractivity contribution in [1.29, 1.82) is 0 Å². The molecule has 2 aromatic carbocycles. The zero-order chi connectivity index (χ0) is 16.7. The maximum atomic E-state index is 12.7. The summed E-state index contributed by atoms with van der Waals surface area (Å²) in [5, 5.41) is 9.84. The van der Waals surface area contributed by atoms with Crippen LogP contribution in [-0.2, 0) is 0 Å². The molecule has 1 aromatic heterocycles. The third-order valence-corrected chi connectivity index (χ3v) is 4.04. The number of carbonyl (C=O) groups is 1. The van der Waals surface area contributed by atoms with E-state index in [2.05, 4.69) is 15.9 Å². The van der Waals surface area contributed by atoms with Gasteiger partial charge in [-0.25, -0.2) is 4.79 Å². The van der Waals surface area contributed by atoms with Crippen LogP contribution in [0.1, 0.15) is 10.4 Å². The molecule has 0 aliphatic heterocycles. The Labute approximate surface area is 139 Å². The lowest BCUT2D eigenvalue weighted by Crippen LogP contribution is -2.27. The van der Waals surface area contributed by atoms with Gasteiger partial charge in [0.1, 0.15) is 5.56 Å². The molecule has 116 valence electrons. The molecule has 23 heavy (non-hydrogen) atoms. The normalized spacial score (nSPS) is 10.8. The van der Waals surface area contributed by atoms with Gasteiger partial charge in [0.15, 0.2) is 0 Å². The first kappa shape index (κ1) is 15.1. The first-order valence-electron chi connectivity index (χ1n) is 6.63. The second-order valence-corrected chi connectivity index (χ2v) is 5.90. The van der Waals surface area contributed by atoms with Gasteiger partial charge in [0, 0.05) is 21.2 Å². The number of rotatable bonds is 2. The molecule has 3 aromatic rings. The van der Waals surface area contributed by atoms with Crippen molar-refractivity contribution < 1.29 is 9.90 Å². The highest BCUT2D eigenvalue weighted by Gasteiger charge is 2.21. The zero-order valence-electron chi connectivity index (χ0n) is 11.8. The van der Waals surface area contributed by atoms with E-state index < -0.39 is 17.1 Å². The van der Waals surface area contributed by atoms with Crippen LogP contribution < -0.4 is 17.0 Å². The van der Waals surface area contributed by atoms with Crippen LogP contribution in [0.4, 0.5) is 11.4 Å². The van der Waals surface area contributed by atoms with Crippen molar-refractivity contribution in [1.82, 2.24) is 4.57 Å². The van der Waals surface area contributed by atoms with Gasteiger partial charge >= 0.3 is 5.97 Å². The largest absolute Gasteiger partial charge is 0.477 e. The molecule has 0 bridgehead atoms. The van der Waals surface area contributed by atoms with E-state index in [4.69, 9.17) is 11.5 Å². The Balaban J connectivity index is 2.52. The van der Waals surface area contributed by atoms with Gasteiger partial charge in [-0.1, -0.05) is 15.9 Å². The molecular weight excluding hydrogens is 362 g/mol. The number of fused-ring (bicyclic) bond motifs is 1. The molecule has 6 nitrogen and oxygen atoms in total. The van der Waals surface area contributed by atoms with Gasteiger partial charge in [0.2, 0.25) is 0 Å². The number of benzene rings is 2. The van der Waals surface area contributed by atoms with E-state index in [1.807, 2.05) is 0 Å². The monoisotopic (exact) mass is 373 g/mol. The highest BCUT2D eigenvalue weighted by molar-refractivity contribution is 9.10. The minimum atomic E-state index is -1.36. The summed E-state index contributed by atoms with van der Waals surface area (Å²) in [4.78, 5) is 24.2. The van der Waals surface area contributed by atoms with Gasteiger partial charge in [-0.15, -0.1) is 0 Å². The van der Waals surface area contributed by atoms with Crippen LogP contribution in [0.15, 0.2) is 51.7 Å². The van der Waals surface area contributed by atoms with Crippen molar-refractivity contribution in [2.24, 2.45) is 0 Å². The fourth-order valence-corrected chi connectivity index (χ4v) is 2.82. The summed E-state index contributed by atoms with van der Waals surface area (Å²) in [6.07, 6.45) is 0. The lowest BCUT2D eigenvalue weighted by Gasteiger charge is -2.14. The summed E-state index contributed by atoms with van der Waals surface area (Å²) in [6.45, 7) is 0. The topological polar surface area (TPSA) is 111 Å². The number of halogens is 1. The number of anilines is 2. The van der Waals surface area contributed by atoms with Gasteiger partial charge in [-0.05, 0) is 42.5 Å². The number of carboxylic acids is 1. The number of nitrogens with zero attached hydrogens (tertiary/aromatic N) is 1. The Morgan fingerprint density at radius 1 is 1.09 bits per heavy atom. The second kappa shape index (κ2) is 5.44. The summed E-state index contributed by atoms with van der Waals surface area (Å²) < 4.78 is 2.07. The minimum absolute atomic E-state index is 0.0447. The van der Waals surface area contributed by atoms with Crippen molar-refractivity contribution >= 4 is 44.2 Å². The van der Waals surface area contributed by atoms with Crippen LogP contribution in [0.25, 0.3) is 16.6 Å². The number of pyridine rings is 1. The first-order valence-corrected chi connectivity index (χ1v) is 7.42. The molecule has 5 N–H and O–H groups in total. The van der Waals surface area contributed by atoms with E-state index in [1.165, 1.54) is 4.57 Å². The van der Waals surface area contributed by atoms with E-state index in [0.717, 1.165) is 4.47 Å². The van der Waals surface area contributed by atoms with E-state index in [0.29, 0.717) is 22.3 Å². The molecule has 0 saturated heterocycles. The lowest BCUT2D eigenvalue weighted by molar-refractivity contribution is 0.0696. The van der Waals surface area contributed by atoms with Crippen LogP contribution >= 0.6 is 15.9 Å². The average molecular weight is 374 g/mol. The molecule has 7 heteroatoms. The van der Waals surface area contributed by atoms with Crippen LogP contribution in [-0.4, -0.2) is 15.6 Å². The fourth-order valence-electron chi connectivity index (χ4n) is 2.48. The van der Waals surface area contributed by atoms with Crippen molar-refractivity contribution in [3.05, 3.63) is 62.9 Å². The molecule has 0 saturated carbocycles. The maximum Gasteiger partial charge on any atom is 0.343 e. The number of aromatic carboxylic acids is 1. The van der Waals surface area contributed by atoms with Gasteiger partial charge in [0.25, 0.3) is 5.56 Å². The second-order valence-electron chi connectivity index (χ2n) is 4.99. The maximum absolute atomic E-state index is 12.7. The van der Waals surface area contributed by atoms with E-state index >= 15 is 0 Å². The van der Waals surface area contributed by atoms with Crippen LogP contribution in [0, 0.1) is 0 Å². The van der Waals surface area contributed by atoms with Gasteiger partial charge in [0.05, 0.1) is 11.2 Å². The Kier molecular flexibility index (Phi) is 3.57. The van der Waals surface area contributed by atoms with Crippen molar-refractivity contribution in [3.63, 3.8) is 0 Å². The third kappa shape index (κ3) is 2.44. The zero-order valence-corrected chi connectivity index (χ0v) is 13.4. The number of nitrogens with two attached hydrogens (primary N) is 2. The lowest BCUT2D eigenvalue weighted by atomic mass is 10.1. The number of hydrogen-bond acceptors (Lipinski definition) is 4. The smallest absolute Gasteiger partial charge is 0.343 e. The molecule has 0 radical (unpaired) electrons. The molecular formula is C16H12BrN3O3. The van der Waals surface area contributed by atoms with E-state index in [-0.39, 0.29) is 5.69 Å². The summed E-state index contributed by atoms with van der Waals surface area (Å²) in [6, 6.07) is 11.7. The minimum Gasteiger partial charge on any atom is -0.477 e. The number of hydrogen-bond donors (Lipinski definition) is 3. The highest BCUT2D eigenvalue weighted by Crippen LogP contribution is 2.27. The Hall–Kier alpha value is -2.80. The summed E-state index contributed by atoms with van der Waals surface area (Å²) in [5.41, 5.74) is 12.0. The molecule has 0 unspecified atom stereocenters. The van der Waals surface area contributed by atoms with Crippen molar-refractivity contribution in [2.75, 3.05) is 11.5 Å². The van der Waals surface area contributed by atoms with E-state index in [1.54, 1.807) is 42.5 Å². The highest BCUT2D eigenvalue weighted by atomic mass is 79.9. The Morgan fingerprint density at radius 3 is 2.35 bits per heavy atom. The molecule has 3 rings (SSSR count). The summed E-state index contributed by atoms with van der Waals surface area (Å²) in [7, 11) is 0. The van der Waals surface area contributed by atoms with Crippen molar-refractivity contribution in [2.45, 2.75) is 0 Å². The average Bonchev–Trinajstić information content (AvgIpc) is 2.48. The molecule has 0 aliphatic carbocycles. The number of nitrogen functional groups attached to an aromatic ring is 2. The summed E-state index contributed by atoms with van der Waals surface area (Å²) >= 11 is 3.35. The van der Waals surface area contributed by atoms with Crippen molar-refractivity contribution in [3.8, 4) is 5.69 Å². The SMILES string of the molecule is Nc1ccc(-n2c(=O)c(C(=O)O)c(N)c3ccc(Br)cc32)cc1. The van der Waals surface area contributed by atoms with E-state index in [9.17, 15) is 14.7 Å². The van der Waals surface area contributed by atoms with Crippen LogP contribution in [0.5, 0.6) is 0 Å². The molecule has 0 amide bonds. The Morgan fingerprint density at radius 2 is 1.74 bits per heavy atom. The quantitative estimate of drug-likeness (QED) is 0.597. The molecule has 0 fully saturated rings. The fraction of sp³-hybridized carbons (Fsp3) is 0. The predicted octanol–water partition coefficient (Wildman–Crippen LogP) is 2.62. The molecule has 0 aliphatic rings. The van der Waals surface area contributed by atoms with Gasteiger partial charge in [-0.3, -0.25) is 9.36 Å². The Bertz CT molecular complexity index is 994.